The third-order valence-corrected chi connectivity index (χ3v) is 11.4. The lowest BCUT2D eigenvalue weighted by atomic mass is 9.90. The number of hydrogen-bond donors (Lipinski definition) is 0. The molecule has 0 amide bonds. The van der Waals surface area contributed by atoms with Crippen LogP contribution in [0.1, 0.15) is 11.1 Å². The summed E-state index contributed by atoms with van der Waals surface area (Å²) in [6, 6.07) is 83.6. The molecular formula is C56H42N2. The number of para-hydroxylation sites is 2. The second kappa shape index (κ2) is 15.6. The van der Waals surface area contributed by atoms with Gasteiger partial charge in [-0.25, -0.2) is 0 Å². The average molecular weight is 743 g/mol. The zero-order valence-corrected chi connectivity index (χ0v) is 32.2. The van der Waals surface area contributed by atoms with Crippen molar-refractivity contribution in [2.24, 2.45) is 0 Å². The predicted octanol–water partition coefficient (Wildman–Crippen LogP) is 15.0. The van der Waals surface area contributed by atoms with Crippen LogP contribution in [-0.4, -0.2) is 0 Å². The fourth-order valence-corrected chi connectivity index (χ4v) is 8.41. The molecule has 9 aromatic rings. The van der Waals surface area contributed by atoms with Crippen molar-refractivity contribution in [3.8, 4) is 55.6 Å². The molecule has 58 heavy (non-hydrogen) atoms. The van der Waals surface area contributed by atoms with E-state index in [1.165, 1.54) is 78.1 Å². The monoisotopic (exact) mass is 742 g/mol. The molecule has 9 aromatic carbocycles. The molecule has 0 unspecified atom stereocenters. The first-order chi connectivity index (χ1) is 28.7. The number of rotatable bonds is 9. The van der Waals surface area contributed by atoms with E-state index in [-0.39, 0.29) is 0 Å². The van der Waals surface area contributed by atoms with Crippen LogP contribution in [0.3, 0.4) is 0 Å². The average Bonchev–Trinajstić information content (AvgIpc) is 3.31. The number of fused-ring (bicyclic) bond motifs is 3. The molecule has 0 saturated carbocycles. The van der Waals surface area contributed by atoms with Crippen molar-refractivity contribution in [3.05, 3.63) is 242 Å². The van der Waals surface area contributed by atoms with Crippen LogP contribution in [0.2, 0.25) is 0 Å². The van der Waals surface area contributed by atoms with E-state index in [0.29, 0.717) is 6.54 Å². The van der Waals surface area contributed by atoms with Crippen molar-refractivity contribution in [1.29, 1.82) is 0 Å². The molecule has 0 aliphatic carbocycles. The molecule has 0 fully saturated rings. The van der Waals surface area contributed by atoms with Gasteiger partial charge in [0, 0.05) is 41.4 Å². The number of hydrogen-bond acceptors (Lipinski definition) is 2. The molecule has 2 nitrogen and oxygen atoms in total. The van der Waals surface area contributed by atoms with E-state index in [0.717, 1.165) is 17.9 Å². The van der Waals surface area contributed by atoms with Crippen molar-refractivity contribution >= 4 is 22.7 Å². The van der Waals surface area contributed by atoms with E-state index in [9.17, 15) is 0 Å². The van der Waals surface area contributed by atoms with Gasteiger partial charge in [0.05, 0.1) is 0 Å². The molecule has 2 heteroatoms. The van der Waals surface area contributed by atoms with Gasteiger partial charge in [-0.3, -0.25) is 0 Å². The minimum absolute atomic E-state index is 0.697. The maximum atomic E-state index is 2.45. The zero-order chi connectivity index (χ0) is 38.7. The summed E-state index contributed by atoms with van der Waals surface area (Å²) in [4.78, 5) is 4.88. The highest BCUT2D eigenvalue weighted by Crippen LogP contribution is 2.44. The van der Waals surface area contributed by atoms with Gasteiger partial charge in [-0.2, -0.15) is 0 Å². The molecule has 1 aliphatic heterocycles. The van der Waals surface area contributed by atoms with Gasteiger partial charge in [0.15, 0.2) is 0 Å². The van der Waals surface area contributed by atoms with Gasteiger partial charge in [-0.15, -0.1) is 0 Å². The molecule has 0 bridgehead atoms. The largest absolute Gasteiger partial charge is 0.337 e. The minimum atomic E-state index is 0.697. The first kappa shape index (κ1) is 35.0. The summed E-state index contributed by atoms with van der Waals surface area (Å²) in [5, 5.41) is 0. The van der Waals surface area contributed by atoms with Crippen molar-refractivity contribution in [2.75, 3.05) is 9.80 Å². The van der Waals surface area contributed by atoms with Crippen molar-refractivity contribution in [1.82, 2.24) is 0 Å². The highest BCUT2D eigenvalue weighted by molar-refractivity contribution is 5.89. The van der Waals surface area contributed by atoms with Crippen molar-refractivity contribution < 1.29 is 0 Å². The zero-order valence-electron chi connectivity index (χ0n) is 32.2. The van der Waals surface area contributed by atoms with Gasteiger partial charge in [0.25, 0.3) is 0 Å². The molecule has 0 saturated heterocycles. The Bertz CT molecular complexity index is 2800. The quantitative estimate of drug-likeness (QED) is 0.145. The second-order valence-corrected chi connectivity index (χ2v) is 15.0. The standard InChI is InChI=1S/C56H42N2/c1-5-15-41(16-6-1)43-27-32-51(33-28-43)57(40-49-37-46(42-17-7-2-8-18-42)31-36-53(49)45-19-9-3-10-20-45)52-34-29-44(30-35-52)47-25-26-48-39-58(50-21-11-4-12-22-50)56-24-14-13-23-54(56)55(48)38-47/h1-38H,39-40H2. The van der Waals surface area contributed by atoms with Crippen LogP contribution >= 0.6 is 0 Å². The predicted molar refractivity (Wildman–Crippen MR) is 245 cm³/mol. The first-order valence-electron chi connectivity index (χ1n) is 20.1. The van der Waals surface area contributed by atoms with Crippen LogP contribution in [0, 0.1) is 0 Å². The van der Waals surface area contributed by atoms with Gasteiger partial charge in [-0.05, 0) is 116 Å². The molecule has 0 aromatic heterocycles. The van der Waals surface area contributed by atoms with E-state index in [1.807, 2.05) is 0 Å². The van der Waals surface area contributed by atoms with E-state index in [1.54, 1.807) is 0 Å². The molecule has 1 aliphatic rings. The minimum Gasteiger partial charge on any atom is -0.337 e. The van der Waals surface area contributed by atoms with Gasteiger partial charge in [0.2, 0.25) is 0 Å². The third kappa shape index (κ3) is 6.97. The Balaban J connectivity index is 1.03. The topological polar surface area (TPSA) is 6.48 Å². The third-order valence-electron chi connectivity index (χ3n) is 11.4. The summed E-state index contributed by atoms with van der Waals surface area (Å²) in [6.45, 7) is 1.53. The van der Waals surface area contributed by atoms with Gasteiger partial charge >= 0.3 is 0 Å². The number of anilines is 4. The summed E-state index contributed by atoms with van der Waals surface area (Å²) in [5.41, 5.74) is 19.6. The lowest BCUT2D eigenvalue weighted by Crippen LogP contribution is -2.21. The van der Waals surface area contributed by atoms with E-state index >= 15 is 0 Å². The van der Waals surface area contributed by atoms with Crippen LogP contribution in [-0.2, 0) is 13.1 Å². The van der Waals surface area contributed by atoms with Crippen molar-refractivity contribution in [3.63, 3.8) is 0 Å². The van der Waals surface area contributed by atoms with Crippen molar-refractivity contribution in [2.45, 2.75) is 13.1 Å². The summed E-state index contributed by atoms with van der Waals surface area (Å²) in [6.07, 6.45) is 0. The summed E-state index contributed by atoms with van der Waals surface area (Å²) in [5.74, 6) is 0. The number of benzene rings is 9. The van der Waals surface area contributed by atoms with Gasteiger partial charge in [0.1, 0.15) is 0 Å². The normalized spacial score (nSPS) is 11.8. The van der Waals surface area contributed by atoms with Crippen LogP contribution in [0.5, 0.6) is 0 Å². The Labute approximate surface area is 341 Å². The molecule has 10 rings (SSSR count). The maximum absolute atomic E-state index is 2.45. The fraction of sp³-hybridized carbons (Fsp3) is 0.0357. The molecule has 0 atom stereocenters. The molecule has 1 heterocycles. The molecular weight excluding hydrogens is 701 g/mol. The Morgan fingerprint density at radius 3 is 1.45 bits per heavy atom. The van der Waals surface area contributed by atoms with E-state index < -0.39 is 0 Å². The fourth-order valence-electron chi connectivity index (χ4n) is 8.41. The lowest BCUT2D eigenvalue weighted by Gasteiger charge is -2.33. The smallest absolute Gasteiger partial charge is 0.0493 e. The van der Waals surface area contributed by atoms with Crippen LogP contribution < -0.4 is 9.80 Å². The highest BCUT2D eigenvalue weighted by atomic mass is 15.1. The summed E-state index contributed by atoms with van der Waals surface area (Å²) >= 11 is 0. The maximum Gasteiger partial charge on any atom is 0.0493 e. The van der Waals surface area contributed by atoms with Crippen LogP contribution in [0.25, 0.3) is 55.6 Å². The van der Waals surface area contributed by atoms with E-state index in [4.69, 9.17) is 0 Å². The second-order valence-electron chi connectivity index (χ2n) is 15.0. The Morgan fingerprint density at radius 2 is 0.810 bits per heavy atom. The number of nitrogens with zero attached hydrogens (tertiary/aromatic N) is 2. The Kier molecular flexibility index (Phi) is 9.43. The molecule has 0 spiro atoms. The Morgan fingerprint density at radius 1 is 0.345 bits per heavy atom. The molecule has 0 radical (unpaired) electrons. The summed E-state index contributed by atoms with van der Waals surface area (Å²) in [7, 11) is 0. The van der Waals surface area contributed by atoms with Gasteiger partial charge < -0.3 is 9.80 Å². The lowest BCUT2D eigenvalue weighted by molar-refractivity contribution is 0.961. The SMILES string of the molecule is c1ccc(-c2ccc(N(Cc3cc(-c4ccccc4)ccc3-c3ccccc3)c3ccc(-c4ccc5c(c4)-c4ccccc4N(c4ccccc4)C5)cc3)cc2)cc1. The van der Waals surface area contributed by atoms with Crippen LogP contribution in [0.4, 0.5) is 22.7 Å². The Hall–Kier alpha value is -7.42. The highest BCUT2D eigenvalue weighted by Gasteiger charge is 2.23. The first-order valence-corrected chi connectivity index (χ1v) is 20.1. The molecule has 276 valence electrons. The molecule has 0 N–H and O–H groups in total. The summed E-state index contributed by atoms with van der Waals surface area (Å²) < 4.78 is 0. The van der Waals surface area contributed by atoms with E-state index in [2.05, 4.69) is 240 Å². The van der Waals surface area contributed by atoms with Gasteiger partial charge in [-0.1, -0.05) is 176 Å². The van der Waals surface area contributed by atoms with Crippen LogP contribution in [0.15, 0.2) is 231 Å².